The van der Waals surface area contributed by atoms with E-state index in [1.54, 1.807) is 21.1 Å². The number of thioether (sulfide) groups is 1. The fourth-order valence-corrected chi connectivity index (χ4v) is 6.10. The third-order valence-electron chi connectivity index (χ3n) is 7.08. The summed E-state index contributed by atoms with van der Waals surface area (Å²) in [6.07, 6.45) is 5.87. The second-order valence-electron chi connectivity index (χ2n) is 9.19. The Kier molecular flexibility index (Phi) is 8.28. The van der Waals surface area contributed by atoms with E-state index >= 15 is 0 Å². The van der Waals surface area contributed by atoms with Gasteiger partial charge in [-0.15, -0.1) is 0 Å². The number of nitrogens with zero attached hydrogens (tertiary/aromatic N) is 3. The predicted molar refractivity (Wildman–Crippen MR) is 141 cm³/mol. The molecule has 2 aliphatic heterocycles. The van der Waals surface area contributed by atoms with Gasteiger partial charge in [-0.2, -0.15) is 0 Å². The van der Waals surface area contributed by atoms with E-state index in [1.165, 1.54) is 18.2 Å². The van der Waals surface area contributed by atoms with Gasteiger partial charge in [0.2, 0.25) is 5.91 Å². The van der Waals surface area contributed by atoms with Crippen molar-refractivity contribution in [1.29, 1.82) is 0 Å². The molecule has 1 unspecified atom stereocenters. The number of carbonyl (C=O) groups excluding carboxylic acids is 2. The van der Waals surface area contributed by atoms with Gasteiger partial charge in [-0.25, -0.2) is 9.79 Å². The van der Waals surface area contributed by atoms with Gasteiger partial charge in [0.05, 0.1) is 44.6 Å². The maximum absolute atomic E-state index is 13.4. The number of carbonyl (C=O) groups is 2. The van der Waals surface area contributed by atoms with E-state index in [-0.39, 0.29) is 25.0 Å². The molecule has 0 aromatic heterocycles. The van der Waals surface area contributed by atoms with E-state index in [0.29, 0.717) is 22.8 Å². The number of hydrogen-bond acceptors (Lipinski definition) is 8. The number of esters is 1. The summed E-state index contributed by atoms with van der Waals surface area (Å²) in [6.45, 7) is 3.84. The van der Waals surface area contributed by atoms with Crippen molar-refractivity contribution in [2.45, 2.75) is 64.5 Å². The van der Waals surface area contributed by atoms with Gasteiger partial charge in [0, 0.05) is 24.4 Å². The second kappa shape index (κ2) is 11.4. The normalized spacial score (nSPS) is 19.9. The SMILES string of the molecule is CCOC(=O)C1=C(C)N=C2SC=C(CC(=O)N(C)C3CCCCC3)N2C1c1cc(OC)ccc1OC. The molecule has 0 saturated heterocycles. The molecule has 3 aliphatic rings. The number of fused-ring (bicyclic) bond motifs is 1. The summed E-state index contributed by atoms with van der Waals surface area (Å²) in [5.74, 6) is 0.879. The van der Waals surface area contributed by atoms with E-state index < -0.39 is 12.0 Å². The van der Waals surface area contributed by atoms with Crippen molar-refractivity contribution in [1.82, 2.24) is 9.80 Å². The smallest absolute Gasteiger partial charge is 0.338 e. The predicted octanol–water partition coefficient (Wildman–Crippen LogP) is 5.02. The molecule has 1 aromatic rings. The molecule has 36 heavy (non-hydrogen) atoms. The van der Waals surface area contributed by atoms with Gasteiger partial charge in [0.15, 0.2) is 5.17 Å². The minimum absolute atomic E-state index is 0.0651. The highest BCUT2D eigenvalue weighted by Crippen LogP contribution is 2.47. The molecule has 4 rings (SSSR count). The van der Waals surface area contributed by atoms with Crippen LogP contribution in [0.1, 0.15) is 64.0 Å². The Hall–Kier alpha value is -2.94. The highest BCUT2D eigenvalue weighted by Gasteiger charge is 2.42. The van der Waals surface area contributed by atoms with Crippen LogP contribution in [-0.4, -0.2) is 60.8 Å². The van der Waals surface area contributed by atoms with Crippen molar-refractivity contribution in [2.24, 2.45) is 4.99 Å². The molecule has 1 aliphatic carbocycles. The lowest BCUT2D eigenvalue weighted by atomic mass is 9.92. The van der Waals surface area contributed by atoms with Crippen LogP contribution in [0.4, 0.5) is 0 Å². The van der Waals surface area contributed by atoms with Crippen molar-refractivity contribution in [3.05, 3.63) is 46.1 Å². The fraction of sp³-hybridized carbons (Fsp3) is 0.519. The second-order valence-corrected chi connectivity index (χ2v) is 10.0. The Bertz CT molecular complexity index is 1110. The van der Waals surface area contributed by atoms with Crippen LogP contribution in [0.5, 0.6) is 11.5 Å². The molecular formula is C27H35N3O5S. The molecule has 1 amide bonds. The minimum atomic E-state index is -0.573. The number of hydrogen-bond donors (Lipinski definition) is 0. The molecule has 8 nitrogen and oxygen atoms in total. The van der Waals surface area contributed by atoms with E-state index in [1.807, 2.05) is 47.4 Å². The summed E-state index contributed by atoms with van der Waals surface area (Å²) >= 11 is 1.46. The number of aliphatic imine (C=N–C) groups is 1. The lowest BCUT2D eigenvalue weighted by molar-refractivity contribution is -0.139. The Morgan fingerprint density at radius 1 is 1.17 bits per heavy atom. The maximum Gasteiger partial charge on any atom is 0.338 e. The van der Waals surface area contributed by atoms with Gasteiger partial charge in [0.25, 0.3) is 0 Å². The van der Waals surface area contributed by atoms with Crippen LogP contribution in [0.25, 0.3) is 0 Å². The number of rotatable bonds is 8. The first-order chi connectivity index (χ1) is 17.4. The lowest BCUT2D eigenvalue weighted by Crippen LogP contribution is -2.41. The molecule has 9 heteroatoms. The molecule has 194 valence electrons. The number of methoxy groups -OCH3 is 2. The van der Waals surface area contributed by atoms with E-state index in [9.17, 15) is 9.59 Å². The summed E-state index contributed by atoms with van der Waals surface area (Å²) in [5, 5.41) is 2.69. The lowest BCUT2D eigenvalue weighted by Gasteiger charge is -2.37. The van der Waals surface area contributed by atoms with Crippen LogP contribution in [0, 0.1) is 0 Å². The molecular weight excluding hydrogens is 478 g/mol. The summed E-state index contributed by atoms with van der Waals surface area (Å²) in [6, 6.07) is 5.22. The number of benzene rings is 1. The van der Waals surface area contributed by atoms with Crippen LogP contribution < -0.4 is 9.47 Å². The topological polar surface area (TPSA) is 80.7 Å². The van der Waals surface area contributed by atoms with Gasteiger partial charge in [-0.1, -0.05) is 31.0 Å². The van der Waals surface area contributed by atoms with Crippen molar-refractivity contribution >= 4 is 28.8 Å². The van der Waals surface area contributed by atoms with Gasteiger partial charge in [0.1, 0.15) is 11.5 Å². The van der Waals surface area contributed by atoms with Gasteiger partial charge < -0.3 is 24.0 Å². The molecule has 2 heterocycles. The summed E-state index contributed by atoms with van der Waals surface area (Å²) in [5.41, 5.74) is 2.56. The standard InChI is InChI=1S/C27H35N3O5S/c1-6-35-26(32)24-17(2)28-27-30(25(24)21-15-20(33-4)12-13-22(21)34-5)19(16-36-27)14-23(31)29(3)18-10-8-7-9-11-18/h12-13,15-16,18,25H,6-11,14H2,1-5H3. The zero-order valence-corrected chi connectivity index (χ0v) is 22.5. The molecule has 1 aromatic carbocycles. The molecule has 1 atom stereocenters. The quantitative estimate of drug-likeness (QED) is 0.451. The summed E-state index contributed by atoms with van der Waals surface area (Å²) in [4.78, 5) is 35.2. The molecule has 0 spiro atoms. The van der Waals surface area contributed by atoms with Crippen LogP contribution in [0.2, 0.25) is 0 Å². The molecule has 0 bridgehead atoms. The average Bonchev–Trinajstić information content (AvgIpc) is 3.29. The van der Waals surface area contributed by atoms with Crippen molar-refractivity contribution < 1.29 is 23.8 Å². The Morgan fingerprint density at radius 2 is 1.92 bits per heavy atom. The highest BCUT2D eigenvalue weighted by atomic mass is 32.2. The first kappa shape index (κ1) is 26.1. The average molecular weight is 514 g/mol. The van der Waals surface area contributed by atoms with Crippen LogP contribution in [-0.2, 0) is 14.3 Å². The third-order valence-corrected chi connectivity index (χ3v) is 7.96. The highest BCUT2D eigenvalue weighted by molar-refractivity contribution is 8.16. The van der Waals surface area contributed by atoms with Crippen molar-refractivity contribution in [2.75, 3.05) is 27.9 Å². The molecule has 1 fully saturated rings. The maximum atomic E-state index is 13.4. The molecule has 0 N–H and O–H groups in total. The fourth-order valence-electron chi connectivity index (χ4n) is 5.14. The van der Waals surface area contributed by atoms with Crippen molar-refractivity contribution in [3.63, 3.8) is 0 Å². The first-order valence-electron chi connectivity index (χ1n) is 12.5. The number of allylic oxidation sites excluding steroid dienone is 1. The minimum Gasteiger partial charge on any atom is -0.497 e. The van der Waals surface area contributed by atoms with Crippen molar-refractivity contribution in [3.8, 4) is 11.5 Å². The monoisotopic (exact) mass is 513 g/mol. The van der Waals surface area contributed by atoms with E-state index in [4.69, 9.17) is 19.2 Å². The largest absolute Gasteiger partial charge is 0.497 e. The van der Waals surface area contributed by atoms with Gasteiger partial charge in [-0.05, 0) is 50.3 Å². The Morgan fingerprint density at radius 3 is 2.58 bits per heavy atom. The van der Waals surface area contributed by atoms with Crippen LogP contribution >= 0.6 is 11.8 Å². The Balaban J connectivity index is 1.73. The number of amides is 1. The third kappa shape index (κ3) is 5.12. The Labute approximate surface area is 217 Å². The van der Waals surface area contributed by atoms with Gasteiger partial charge >= 0.3 is 5.97 Å². The van der Waals surface area contributed by atoms with E-state index in [2.05, 4.69) is 0 Å². The first-order valence-corrected chi connectivity index (χ1v) is 13.4. The zero-order valence-electron chi connectivity index (χ0n) is 21.7. The van der Waals surface area contributed by atoms with E-state index in [0.717, 1.165) is 42.1 Å². The number of ether oxygens (including phenoxy) is 3. The van der Waals surface area contributed by atoms with Gasteiger partial charge in [-0.3, -0.25) is 4.79 Å². The molecule has 0 radical (unpaired) electrons. The number of amidine groups is 1. The van der Waals surface area contributed by atoms with Crippen LogP contribution in [0.15, 0.2) is 45.6 Å². The van der Waals surface area contributed by atoms with Crippen LogP contribution in [0.3, 0.4) is 0 Å². The summed E-state index contributed by atoms with van der Waals surface area (Å²) < 4.78 is 16.7. The molecule has 1 saturated carbocycles. The zero-order chi connectivity index (χ0) is 25.8. The summed E-state index contributed by atoms with van der Waals surface area (Å²) in [7, 11) is 5.11.